The minimum Gasteiger partial charge on any atom is -1.00 e. The first-order chi connectivity index (χ1) is 5.95. The van der Waals surface area contributed by atoms with E-state index in [0.29, 0.717) is 0 Å². The molecule has 0 amide bonds. The molecule has 1 aliphatic rings. The summed E-state index contributed by atoms with van der Waals surface area (Å²) >= 11 is 1.85. The van der Waals surface area contributed by atoms with Gasteiger partial charge in [-0.2, -0.15) is 0 Å². The van der Waals surface area contributed by atoms with Crippen molar-refractivity contribution in [2.75, 3.05) is 26.2 Å². The van der Waals surface area contributed by atoms with Gasteiger partial charge >= 0.3 is 0 Å². The summed E-state index contributed by atoms with van der Waals surface area (Å²) < 4.78 is 0. The smallest absolute Gasteiger partial charge is 0.0328 e. The average Bonchev–Trinajstić information content (AvgIpc) is 2.59. The van der Waals surface area contributed by atoms with Crippen LogP contribution in [0.5, 0.6) is 0 Å². The van der Waals surface area contributed by atoms with Crippen molar-refractivity contribution in [1.82, 2.24) is 10.2 Å². The summed E-state index contributed by atoms with van der Waals surface area (Å²) in [6, 6.07) is 4.34. The van der Waals surface area contributed by atoms with E-state index < -0.39 is 0 Å². The van der Waals surface area contributed by atoms with Crippen molar-refractivity contribution in [2.45, 2.75) is 6.54 Å². The lowest BCUT2D eigenvalue weighted by Crippen LogP contribution is -3.00. The summed E-state index contributed by atoms with van der Waals surface area (Å²) in [7, 11) is 0. The molecule has 1 fully saturated rings. The van der Waals surface area contributed by atoms with E-state index in [2.05, 4.69) is 27.7 Å². The van der Waals surface area contributed by atoms with Crippen LogP contribution >= 0.6 is 11.3 Å². The topological polar surface area (TPSA) is 15.3 Å². The maximum Gasteiger partial charge on any atom is 0.0328 e. The predicted molar refractivity (Wildman–Crippen MR) is 52.5 cm³/mol. The molecule has 0 bridgehead atoms. The Labute approximate surface area is 89.4 Å². The van der Waals surface area contributed by atoms with Crippen molar-refractivity contribution in [3.8, 4) is 0 Å². The first-order valence-corrected chi connectivity index (χ1v) is 5.28. The highest BCUT2D eigenvalue weighted by atomic mass is 35.5. The van der Waals surface area contributed by atoms with Gasteiger partial charge in [0.15, 0.2) is 0 Å². The molecule has 0 aliphatic carbocycles. The number of hydrogen-bond donors (Lipinski definition) is 1. The van der Waals surface area contributed by atoms with E-state index in [1.54, 1.807) is 0 Å². The molecule has 13 heavy (non-hydrogen) atoms. The number of piperazine rings is 1. The molecule has 2 heterocycles. The monoisotopic (exact) mass is 217 g/mol. The van der Waals surface area contributed by atoms with Gasteiger partial charge in [-0.05, 0) is 11.4 Å². The molecule has 0 saturated carbocycles. The summed E-state index contributed by atoms with van der Waals surface area (Å²) in [5.74, 6) is 0. The average molecular weight is 218 g/mol. The number of nitrogens with one attached hydrogen (secondary N) is 1. The quantitative estimate of drug-likeness (QED) is 0.627. The van der Waals surface area contributed by atoms with E-state index in [-0.39, 0.29) is 12.4 Å². The van der Waals surface area contributed by atoms with Gasteiger partial charge < -0.3 is 17.7 Å². The van der Waals surface area contributed by atoms with Crippen LogP contribution < -0.4 is 17.7 Å². The molecule has 1 aromatic rings. The van der Waals surface area contributed by atoms with Gasteiger partial charge in [-0.1, -0.05) is 6.07 Å². The fourth-order valence-corrected chi connectivity index (χ4v) is 2.24. The van der Waals surface area contributed by atoms with Crippen LogP contribution in [0.1, 0.15) is 4.88 Å². The minimum atomic E-state index is 0. The van der Waals surface area contributed by atoms with E-state index in [0.717, 1.165) is 19.6 Å². The van der Waals surface area contributed by atoms with Gasteiger partial charge in [0.05, 0.1) is 0 Å². The largest absolute Gasteiger partial charge is 1.00 e. The third-order valence-corrected chi connectivity index (χ3v) is 3.03. The summed E-state index contributed by atoms with van der Waals surface area (Å²) in [6.45, 7) is 5.81. The van der Waals surface area contributed by atoms with E-state index in [1.807, 2.05) is 11.3 Å². The number of halogens is 1. The third-order valence-electron chi connectivity index (χ3n) is 2.17. The molecule has 2 rings (SSSR count). The van der Waals surface area contributed by atoms with E-state index in [9.17, 15) is 0 Å². The van der Waals surface area contributed by atoms with Crippen LogP contribution in [0.15, 0.2) is 17.5 Å². The number of nitrogens with zero attached hydrogens (tertiary/aromatic N) is 1. The Morgan fingerprint density at radius 3 is 2.77 bits per heavy atom. The Morgan fingerprint density at radius 2 is 2.15 bits per heavy atom. The van der Waals surface area contributed by atoms with Gasteiger partial charge in [0.2, 0.25) is 0 Å². The summed E-state index contributed by atoms with van der Waals surface area (Å²) in [5.41, 5.74) is 0. The molecule has 4 heteroatoms. The Morgan fingerprint density at radius 1 is 1.38 bits per heavy atom. The molecular weight excluding hydrogens is 204 g/mol. The zero-order chi connectivity index (χ0) is 8.23. The minimum absolute atomic E-state index is 0. The Bertz CT molecular complexity index is 220. The molecule has 1 saturated heterocycles. The fourth-order valence-electron chi connectivity index (χ4n) is 1.49. The van der Waals surface area contributed by atoms with E-state index in [1.165, 1.54) is 18.0 Å². The summed E-state index contributed by atoms with van der Waals surface area (Å²) in [5, 5.41) is 5.51. The lowest BCUT2D eigenvalue weighted by atomic mass is 10.3. The number of rotatable bonds is 2. The Kier molecular flexibility index (Phi) is 4.73. The zero-order valence-corrected chi connectivity index (χ0v) is 9.07. The third kappa shape index (κ3) is 3.27. The van der Waals surface area contributed by atoms with Crippen LogP contribution in [-0.2, 0) is 6.54 Å². The van der Waals surface area contributed by atoms with Crippen LogP contribution in [0.4, 0.5) is 0 Å². The van der Waals surface area contributed by atoms with Crippen molar-refractivity contribution < 1.29 is 12.4 Å². The molecule has 2 nitrogen and oxygen atoms in total. The zero-order valence-electron chi connectivity index (χ0n) is 7.50. The highest BCUT2D eigenvalue weighted by molar-refractivity contribution is 7.09. The second-order valence-electron chi connectivity index (χ2n) is 3.11. The Balaban J connectivity index is 0.000000845. The van der Waals surface area contributed by atoms with Crippen LogP contribution in [0, 0.1) is 0 Å². The van der Waals surface area contributed by atoms with E-state index >= 15 is 0 Å². The van der Waals surface area contributed by atoms with Crippen molar-refractivity contribution >= 4 is 11.3 Å². The molecule has 1 aromatic heterocycles. The number of hydrogen-bond acceptors (Lipinski definition) is 3. The fraction of sp³-hybridized carbons (Fsp3) is 0.556. The van der Waals surface area contributed by atoms with Gasteiger partial charge in [0, 0.05) is 37.6 Å². The lowest BCUT2D eigenvalue weighted by molar-refractivity contribution is -0.00000244. The van der Waals surface area contributed by atoms with Crippen molar-refractivity contribution in [2.24, 2.45) is 0 Å². The molecule has 1 aliphatic heterocycles. The molecule has 0 unspecified atom stereocenters. The second-order valence-corrected chi connectivity index (χ2v) is 4.14. The number of thiophene rings is 1. The van der Waals surface area contributed by atoms with Crippen LogP contribution in [0.3, 0.4) is 0 Å². The molecule has 0 atom stereocenters. The lowest BCUT2D eigenvalue weighted by Gasteiger charge is -2.26. The van der Waals surface area contributed by atoms with Gasteiger partial charge in [-0.3, -0.25) is 4.90 Å². The first kappa shape index (κ1) is 11.0. The maximum atomic E-state index is 3.36. The highest BCUT2D eigenvalue weighted by Gasteiger charge is 2.09. The molecule has 0 aromatic carbocycles. The molecule has 0 spiro atoms. The first-order valence-electron chi connectivity index (χ1n) is 4.40. The Hall–Kier alpha value is -0.0900. The van der Waals surface area contributed by atoms with Crippen molar-refractivity contribution in [3.05, 3.63) is 22.4 Å². The molecule has 0 radical (unpaired) electrons. The SMILES string of the molecule is [Cl-].c1csc(CN2CCNCC2)c1. The van der Waals surface area contributed by atoms with Crippen molar-refractivity contribution in [3.63, 3.8) is 0 Å². The highest BCUT2D eigenvalue weighted by Crippen LogP contribution is 2.11. The predicted octanol–water partition coefficient (Wildman–Crippen LogP) is -1.84. The van der Waals surface area contributed by atoms with Crippen LogP contribution in [0.2, 0.25) is 0 Å². The van der Waals surface area contributed by atoms with Crippen LogP contribution in [0.25, 0.3) is 0 Å². The van der Waals surface area contributed by atoms with Gasteiger partial charge in [-0.15, -0.1) is 11.3 Å². The van der Waals surface area contributed by atoms with Gasteiger partial charge in [-0.25, -0.2) is 0 Å². The summed E-state index contributed by atoms with van der Waals surface area (Å²) in [6.07, 6.45) is 0. The van der Waals surface area contributed by atoms with Gasteiger partial charge in [0.1, 0.15) is 0 Å². The van der Waals surface area contributed by atoms with E-state index in [4.69, 9.17) is 0 Å². The molecule has 74 valence electrons. The van der Waals surface area contributed by atoms with Gasteiger partial charge in [0.25, 0.3) is 0 Å². The molecular formula is C9H14ClN2S-. The molecule has 1 N–H and O–H groups in total. The normalized spacial score (nSPS) is 18.2. The van der Waals surface area contributed by atoms with Crippen molar-refractivity contribution in [1.29, 1.82) is 0 Å². The summed E-state index contributed by atoms with van der Waals surface area (Å²) in [4.78, 5) is 3.99. The maximum absolute atomic E-state index is 3.36. The second kappa shape index (κ2) is 5.60. The standard InChI is InChI=1S/C9H14N2S.ClH/c1-2-9(12-7-1)8-11-5-3-10-4-6-11;/h1-2,7,10H,3-6,8H2;1H/p-1. The van der Waals surface area contributed by atoms with Crippen LogP contribution in [-0.4, -0.2) is 31.1 Å².